The molecule has 34 heavy (non-hydrogen) atoms. The van der Waals surface area contributed by atoms with E-state index in [1.165, 1.54) is 43.7 Å². The first kappa shape index (κ1) is 25.5. The monoisotopic (exact) mass is 565 g/mol. The van der Waals surface area contributed by atoms with Gasteiger partial charge < -0.3 is 9.84 Å². The van der Waals surface area contributed by atoms with Crippen LogP contribution in [-0.2, 0) is 14.8 Å². The second-order valence-corrected chi connectivity index (χ2v) is 10.3. The van der Waals surface area contributed by atoms with Gasteiger partial charge in [0, 0.05) is 5.02 Å². The van der Waals surface area contributed by atoms with Crippen LogP contribution < -0.4 is 14.5 Å². The van der Waals surface area contributed by atoms with Crippen LogP contribution in [0.25, 0.3) is 0 Å². The van der Waals surface area contributed by atoms with E-state index >= 15 is 0 Å². The fourth-order valence-corrected chi connectivity index (χ4v) is 4.94. The van der Waals surface area contributed by atoms with Gasteiger partial charge in [0.15, 0.2) is 11.5 Å². The molecule has 3 aromatic rings. The topological polar surface area (TPSA) is 108 Å². The summed E-state index contributed by atoms with van der Waals surface area (Å²) in [6.07, 6.45) is 1.34. The van der Waals surface area contributed by atoms with Gasteiger partial charge in [-0.2, -0.15) is 5.10 Å². The molecule has 0 aromatic heterocycles. The number of sulfonamides is 1. The number of benzene rings is 3. The van der Waals surface area contributed by atoms with Crippen molar-refractivity contribution in [3.63, 3.8) is 0 Å². The van der Waals surface area contributed by atoms with Gasteiger partial charge >= 0.3 is 0 Å². The smallest absolute Gasteiger partial charge is 0.264 e. The second kappa shape index (κ2) is 10.9. The minimum atomic E-state index is -4.05. The van der Waals surface area contributed by atoms with Crippen LogP contribution in [0, 0.1) is 6.92 Å². The van der Waals surface area contributed by atoms with Gasteiger partial charge in [-0.25, -0.2) is 13.8 Å². The molecule has 0 saturated heterocycles. The number of nitrogens with zero attached hydrogens (tertiary/aromatic N) is 2. The first-order chi connectivity index (χ1) is 16.1. The number of aryl methyl sites for hydroxylation is 1. The molecule has 2 N–H and O–H groups in total. The third-order valence-electron chi connectivity index (χ3n) is 4.68. The Hall–Kier alpha value is -3.08. The zero-order valence-corrected chi connectivity index (χ0v) is 21.4. The Bertz CT molecular complexity index is 1310. The van der Waals surface area contributed by atoms with Crippen molar-refractivity contribution in [3.05, 3.63) is 81.3 Å². The van der Waals surface area contributed by atoms with E-state index in [4.69, 9.17) is 16.3 Å². The van der Waals surface area contributed by atoms with Gasteiger partial charge in [0.1, 0.15) is 6.54 Å². The number of hydrazone groups is 1. The molecule has 0 spiro atoms. The zero-order chi connectivity index (χ0) is 24.9. The van der Waals surface area contributed by atoms with E-state index in [2.05, 4.69) is 26.5 Å². The molecule has 0 radical (unpaired) electrons. The highest BCUT2D eigenvalue weighted by Gasteiger charge is 2.27. The number of halogens is 2. The van der Waals surface area contributed by atoms with E-state index in [0.29, 0.717) is 15.1 Å². The Balaban J connectivity index is 1.83. The summed E-state index contributed by atoms with van der Waals surface area (Å²) in [5.74, 6) is -0.504. The average Bonchev–Trinajstić information content (AvgIpc) is 2.80. The Morgan fingerprint density at radius 3 is 2.44 bits per heavy atom. The van der Waals surface area contributed by atoms with Crippen LogP contribution in [-0.4, -0.2) is 39.3 Å². The molecule has 11 heteroatoms. The first-order valence-corrected chi connectivity index (χ1v) is 12.5. The van der Waals surface area contributed by atoms with Gasteiger partial charge in [0.2, 0.25) is 0 Å². The van der Waals surface area contributed by atoms with Crippen LogP contribution in [0.5, 0.6) is 11.5 Å². The molecule has 3 aromatic carbocycles. The van der Waals surface area contributed by atoms with E-state index in [9.17, 15) is 18.3 Å². The molecule has 178 valence electrons. The molecule has 1 amide bonds. The van der Waals surface area contributed by atoms with Gasteiger partial charge in [-0.1, -0.05) is 29.3 Å². The number of anilines is 1. The lowest BCUT2D eigenvalue weighted by molar-refractivity contribution is -0.119. The standard InChI is InChI=1S/C23H21BrClN3O5S/c1-15-3-9-19(10-4-15)34(31,32)28(18-7-5-17(25)6-8-18)14-22(29)27-26-13-16-11-20(24)23(30)21(12-16)33-2/h3-13,30H,14H2,1-2H3,(H,27,29)/b26-13-. The van der Waals surface area contributed by atoms with Gasteiger partial charge in [-0.3, -0.25) is 9.10 Å². The lowest BCUT2D eigenvalue weighted by atomic mass is 10.2. The molecule has 3 rings (SSSR count). The molecule has 0 aliphatic heterocycles. The Labute approximate surface area is 211 Å². The summed E-state index contributed by atoms with van der Waals surface area (Å²) in [5, 5.41) is 14.2. The second-order valence-electron chi connectivity index (χ2n) is 7.15. The summed E-state index contributed by atoms with van der Waals surface area (Å²) in [6.45, 7) is 1.33. The fourth-order valence-electron chi connectivity index (χ4n) is 2.93. The molecule has 0 bridgehead atoms. The predicted octanol–water partition coefficient (Wildman–Crippen LogP) is 4.47. The maximum Gasteiger partial charge on any atom is 0.264 e. The summed E-state index contributed by atoms with van der Waals surface area (Å²) >= 11 is 9.15. The number of aromatic hydroxyl groups is 1. The first-order valence-electron chi connectivity index (χ1n) is 9.85. The van der Waals surface area contributed by atoms with Crippen LogP contribution in [0.1, 0.15) is 11.1 Å². The maximum absolute atomic E-state index is 13.3. The van der Waals surface area contributed by atoms with Crippen LogP contribution in [0.15, 0.2) is 75.1 Å². The Kier molecular flexibility index (Phi) is 8.19. The van der Waals surface area contributed by atoms with E-state index < -0.39 is 22.5 Å². The number of phenolic OH excluding ortho intramolecular Hbond substituents is 1. The highest BCUT2D eigenvalue weighted by atomic mass is 79.9. The number of ether oxygens (including phenoxy) is 1. The van der Waals surface area contributed by atoms with E-state index in [1.807, 2.05) is 6.92 Å². The molecule has 0 unspecified atom stereocenters. The van der Waals surface area contributed by atoms with Crippen molar-refractivity contribution in [1.82, 2.24) is 5.43 Å². The highest BCUT2D eigenvalue weighted by molar-refractivity contribution is 9.10. The van der Waals surface area contributed by atoms with Crippen LogP contribution >= 0.6 is 27.5 Å². The van der Waals surface area contributed by atoms with Crippen molar-refractivity contribution in [3.8, 4) is 11.5 Å². The molecular weight excluding hydrogens is 546 g/mol. The summed E-state index contributed by atoms with van der Waals surface area (Å²) in [6, 6.07) is 15.6. The molecular formula is C23H21BrClN3O5S. The summed E-state index contributed by atoms with van der Waals surface area (Å²) in [5.41, 5.74) is 4.04. The SMILES string of the molecule is COc1cc(/C=N\NC(=O)CN(c2ccc(Cl)cc2)S(=O)(=O)c2ccc(C)cc2)cc(Br)c1O. The zero-order valence-electron chi connectivity index (χ0n) is 18.2. The van der Waals surface area contributed by atoms with Crippen LogP contribution in [0.4, 0.5) is 5.69 Å². The fraction of sp³-hybridized carbons (Fsp3) is 0.130. The van der Waals surface area contributed by atoms with Crippen molar-refractivity contribution in [2.45, 2.75) is 11.8 Å². The van der Waals surface area contributed by atoms with E-state index in [0.717, 1.165) is 9.87 Å². The number of carbonyl (C=O) groups excluding carboxylic acids is 1. The minimum absolute atomic E-state index is 0.0467. The third kappa shape index (κ3) is 6.07. The number of carbonyl (C=O) groups is 1. The molecule has 0 heterocycles. The normalized spacial score (nSPS) is 11.4. The van der Waals surface area contributed by atoms with Crippen molar-refractivity contribution >= 4 is 55.4 Å². The van der Waals surface area contributed by atoms with Crippen molar-refractivity contribution in [2.75, 3.05) is 18.0 Å². The molecule has 8 nitrogen and oxygen atoms in total. The highest BCUT2D eigenvalue weighted by Crippen LogP contribution is 2.34. The molecule has 0 saturated carbocycles. The minimum Gasteiger partial charge on any atom is -0.503 e. The third-order valence-corrected chi connectivity index (χ3v) is 7.33. The number of methoxy groups -OCH3 is 1. The molecule has 0 aliphatic carbocycles. The lowest BCUT2D eigenvalue weighted by Gasteiger charge is -2.23. The van der Waals surface area contributed by atoms with Crippen molar-refractivity contribution in [2.24, 2.45) is 5.10 Å². The average molecular weight is 567 g/mol. The maximum atomic E-state index is 13.3. The van der Waals surface area contributed by atoms with Gasteiger partial charge in [-0.15, -0.1) is 0 Å². The number of phenols is 1. The van der Waals surface area contributed by atoms with Gasteiger partial charge in [0.25, 0.3) is 15.9 Å². The summed E-state index contributed by atoms with van der Waals surface area (Å²) in [7, 11) is -2.64. The number of rotatable bonds is 8. The summed E-state index contributed by atoms with van der Waals surface area (Å²) < 4.78 is 33.1. The Morgan fingerprint density at radius 2 is 1.82 bits per heavy atom. The molecule has 0 aliphatic rings. The predicted molar refractivity (Wildman–Crippen MR) is 135 cm³/mol. The number of nitrogens with one attached hydrogen (secondary N) is 1. The van der Waals surface area contributed by atoms with Gasteiger partial charge in [0.05, 0.1) is 28.4 Å². The quantitative estimate of drug-likeness (QED) is 0.309. The molecule has 0 atom stereocenters. The number of amides is 1. The van der Waals surface area contributed by atoms with E-state index in [-0.39, 0.29) is 22.1 Å². The van der Waals surface area contributed by atoms with Crippen molar-refractivity contribution < 1.29 is 23.1 Å². The number of hydrogen-bond donors (Lipinski definition) is 2. The van der Waals surface area contributed by atoms with Gasteiger partial charge in [-0.05, 0) is 76.9 Å². The molecule has 0 fully saturated rings. The summed E-state index contributed by atoms with van der Waals surface area (Å²) in [4.78, 5) is 12.7. The number of hydrogen-bond acceptors (Lipinski definition) is 6. The lowest BCUT2D eigenvalue weighted by Crippen LogP contribution is -2.39. The largest absolute Gasteiger partial charge is 0.503 e. The van der Waals surface area contributed by atoms with Crippen molar-refractivity contribution in [1.29, 1.82) is 0 Å². The van der Waals surface area contributed by atoms with E-state index in [1.54, 1.807) is 30.3 Å². The Morgan fingerprint density at radius 1 is 1.18 bits per heavy atom. The van der Waals surface area contributed by atoms with Crippen LogP contribution in [0.3, 0.4) is 0 Å². The van der Waals surface area contributed by atoms with Crippen LogP contribution in [0.2, 0.25) is 5.02 Å².